The maximum atomic E-state index is 6.35. The van der Waals surface area contributed by atoms with Crippen LogP contribution in [-0.2, 0) is 5.41 Å². The lowest BCUT2D eigenvalue weighted by Gasteiger charge is -2.28. The largest absolute Gasteiger partial charge is 0.454 e. The monoisotopic (exact) mass is 695 g/mol. The van der Waals surface area contributed by atoms with Crippen LogP contribution in [0, 0.1) is 0 Å². The molecule has 0 amide bonds. The van der Waals surface area contributed by atoms with E-state index in [1.54, 1.807) is 0 Å². The third-order valence-corrected chi connectivity index (χ3v) is 11.2. The number of aromatic nitrogens is 2. The van der Waals surface area contributed by atoms with Crippen molar-refractivity contribution >= 4 is 61.1 Å². The topological polar surface area (TPSA) is 55.3 Å². The van der Waals surface area contributed by atoms with Crippen molar-refractivity contribution in [2.45, 2.75) is 19.3 Å². The molecule has 1 aliphatic carbocycles. The summed E-state index contributed by atoms with van der Waals surface area (Å²) in [5.41, 5.74) is 16.5. The molecule has 0 bridgehead atoms. The van der Waals surface area contributed by atoms with Crippen LogP contribution in [0.25, 0.3) is 77.5 Å². The van der Waals surface area contributed by atoms with Gasteiger partial charge < -0.3 is 13.7 Å². The maximum absolute atomic E-state index is 6.35. The Balaban J connectivity index is 1.04. The van der Waals surface area contributed by atoms with Crippen molar-refractivity contribution in [3.63, 3.8) is 0 Å². The number of rotatable bonds is 5. The highest BCUT2D eigenvalue weighted by Crippen LogP contribution is 2.51. The number of benzene rings is 6. The molecular formula is C49H33N3O2. The Bertz CT molecular complexity index is 2920. The lowest BCUT2D eigenvalue weighted by Crippen LogP contribution is -2.16. The van der Waals surface area contributed by atoms with Crippen molar-refractivity contribution in [1.82, 2.24) is 9.97 Å². The van der Waals surface area contributed by atoms with E-state index in [0.717, 1.165) is 83.5 Å². The number of fused-ring (bicyclic) bond motifs is 9. The molecule has 256 valence electrons. The van der Waals surface area contributed by atoms with Gasteiger partial charge in [0, 0.05) is 62.2 Å². The molecule has 4 aromatic heterocycles. The summed E-state index contributed by atoms with van der Waals surface area (Å²) in [7, 11) is 0. The van der Waals surface area contributed by atoms with Crippen molar-refractivity contribution in [2.24, 2.45) is 0 Å². The number of para-hydroxylation sites is 2. The van der Waals surface area contributed by atoms with Gasteiger partial charge in [-0.05, 0) is 94.5 Å². The molecule has 0 fully saturated rings. The molecule has 5 nitrogen and oxygen atoms in total. The zero-order valence-electron chi connectivity index (χ0n) is 29.7. The van der Waals surface area contributed by atoms with Crippen molar-refractivity contribution in [3.8, 4) is 33.5 Å². The van der Waals surface area contributed by atoms with Crippen LogP contribution in [0.1, 0.15) is 25.0 Å². The Morgan fingerprint density at radius 3 is 1.98 bits per heavy atom. The van der Waals surface area contributed by atoms with Crippen molar-refractivity contribution in [2.75, 3.05) is 4.90 Å². The number of furan rings is 2. The van der Waals surface area contributed by atoms with Gasteiger partial charge in [-0.15, -0.1) is 0 Å². The van der Waals surface area contributed by atoms with E-state index < -0.39 is 0 Å². The Morgan fingerprint density at radius 1 is 0.463 bits per heavy atom. The normalized spacial score (nSPS) is 13.1. The van der Waals surface area contributed by atoms with Crippen molar-refractivity contribution < 1.29 is 8.83 Å². The average molecular weight is 696 g/mol. The fraction of sp³-hybridized carbons (Fsp3) is 0.0612. The molecule has 1 aliphatic rings. The molecule has 0 aliphatic heterocycles. The minimum absolute atomic E-state index is 0.127. The second-order valence-electron chi connectivity index (χ2n) is 14.6. The van der Waals surface area contributed by atoms with Gasteiger partial charge in [-0.2, -0.15) is 0 Å². The molecule has 5 heteroatoms. The highest BCUT2D eigenvalue weighted by molar-refractivity contribution is 6.09. The van der Waals surface area contributed by atoms with E-state index in [4.69, 9.17) is 13.8 Å². The van der Waals surface area contributed by atoms with Gasteiger partial charge in [-0.1, -0.05) is 98.8 Å². The SMILES string of the molecule is CC1(C)c2ccccc2-c2ccc(N(c3ccc(-c4nccc5c4oc4ccccc45)cc3)c3ccc(-c4cccc5c4oc4cccnc45)cc3)cc21. The zero-order chi connectivity index (χ0) is 36.0. The first-order valence-electron chi connectivity index (χ1n) is 18.3. The summed E-state index contributed by atoms with van der Waals surface area (Å²) in [6, 6.07) is 53.5. The molecule has 0 spiro atoms. The summed E-state index contributed by atoms with van der Waals surface area (Å²) in [4.78, 5) is 11.7. The second kappa shape index (κ2) is 11.5. The van der Waals surface area contributed by atoms with Crippen LogP contribution in [-0.4, -0.2) is 9.97 Å². The quantitative estimate of drug-likeness (QED) is 0.179. The second-order valence-corrected chi connectivity index (χ2v) is 14.6. The van der Waals surface area contributed by atoms with E-state index in [9.17, 15) is 0 Å². The predicted molar refractivity (Wildman–Crippen MR) is 220 cm³/mol. The van der Waals surface area contributed by atoms with E-state index in [-0.39, 0.29) is 5.41 Å². The third-order valence-electron chi connectivity index (χ3n) is 11.2. The molecule has 0 N–H and O–H groups in total. The van der Waals surface area contributed by atoms with Gasteiger partial charge in [0.15, 0.2) is 11.2 Å². The van der Waals surface area contributed by atoms with Crippen LogP contribution in [0.4, 0.5) is 17.1 Å². The molecule has 6 aromatic carbocycles. The number of pyridine rings is 2. The molecule has 0 saturated heterocycles. The summed E-state index contributed by atoms with van der Waals surface area (Å²) < 4.78 is 12.7. The van der Waals surface area contributed by atoms with Crippen LogP contribution in [0.5, 0.6) is 0 Å². The van der Waals surface area contributed by atoms with Crippen LogP contribution in [0.15, 0.2) is 173 Å². The fourth-order valence-electron chi connectivity index (χ4n) is 8.54. The van der Waals surface area contributed by atoms with Crippen molar-refractivity contribution in [1.29, 1.82) is 0 Å². The van der Waals surface area contributed by atoms with Crippen LogP contribution < -0.4 is 4.90 Å². The van der Waals surface area contributed by atoms with E-state index in [0.29, 0.717) is 0 Å². The van der Waals surface area contributed by atoms with Crippen molar-refractivity contribution in [3.05, 3.63) is 175 Å². The van der Waals surface area contributed by atoms with Crippen LogP contribution in [0.2, 0.25) is 0 Å². The summed E-state index contributed by atoms with van der Waals surface area (Å²) in [6.45, 7) is 4.66. The fourth-order valence-corrected chi connectivity index (χ4v) is 8.54. The number of nitrogens with zero attached hydrogens (tertiary/aromatic N) is 3. The summed E-state index contributed by atoms with van der Waals surface area (Å²) in [5, 5.41) is 3.18. The maximum Gasteiger partial charge on any atom is 0.161 e. The molecule has 0 saturated carbocycles. The number of hydrogen-bond acceptors (Lipinski definition) is 5. The molecular weight excluding hydrogens is 663 g/mol. The summed E-state index contributed by atoms with van der Waals surface area (Å²) >= 11 is 0. The standard InChI is InChI=1S/C49H33N3O2/c1-49(2)41-13-5-3-9-36(41)37-25-24-34(29-42(37)49)52(32-20-16-30(17-21-32)35-11-7-12-40-46-44(54-47(35)40)15-8-27-50-46)33-22-18-31(19-23-33)45-48-39(26-28-51-45)38-10-4-6-14-43(38)53-48/h3-29H,1-2H3. The van der Waals surface area contributed by atoms with E-state index in [1.165, 1.54) is 22.3 Å². The number of hydrogen-bond donors (Lipinski definition) is 0. The molecule has 10 aromatic rings. The van der Waals surface area contributed by atoms with Gasteiger partial charge >= 0.3 is 0 Å². The first kappa shape index (κ1) is 30.6. The Labute approximate surface area is 311 Å². The van der Waals surface area contributed by atoms with Gasteiger partial charge in [0.25, 0.3) is 0 Å². The van der Waals surface area contributed by atoms with Crippen LogP contribution in [0.3, 0.4) is 0 Å². The third kappa shape index (κ3) is 4.51. The summed E-state index contributed by atoms with van der Waals surface area (Å²) in [5.74, 6) is 0. The first-order chi connectivity index (χ1) is 26.5. The van der Waals surface area contributed by atoms with Gasteiger partial charge in [0.05, 0.1) is 0 Å². The van der Waals surface area contributed by atoms with E-state index in [2.05, 4.69) is 139 Å². The first-order valence-corrected chi connectivity index (χ1v) is 18.3. The Kier molecular flexibility index (Phi) is 6.53. The van der Waals surface area contributed by atoms with E-state index >= 15 is 0 Å². The Hall–Kier alpha value is -6.98. The minimum Gasteiger partial charge on any atom is -0.454 e. The van der Waals surface area contributed by atoms with Gasteiger partial charge in [0.2, 0.25) is 0 Å². The van der Waals surface area contributed by atoms with Gasteiger partial charge in [-0.3, -0.25) is 9.97 Å². The predicted octanol–water partition coefficient (Wildman–Crippen LogP) is 13.4. The lowest BCUT2D eigenvalue weighted by molar-refractivity contribution is 0.660. The molecule has 4 heterocycles. The summed E-state index contributed by atoms with van der Waals surface area (Å²) in [6.07, 6.45) is 3.68. The smallest absolute Gasteiger partial charge is 0.161 e. The molecule has 0 radical (unpaired) electrons. The van der Waals surface area contributed by atoms with Crippen LogP contribution >= 0.6 is 0 Å². The average Bonchev–Trinajstić information content (AvgIpc) is 3.87. The highest BCUT2D eigenvalue weighted by Gasteiger charge is 2.35. The molecule has 54 heavy (non-hydrogen) atoms. The molecule has 0 unspecified atom stereocenters. The zero-order valence-corrected chi connectivity index (χ0v) is 29.7. The van der Waals surface area contributed by atoms with Gasteiger partial charge in [-0.25, -0.2) is 0 Å². The van der Waals surface area contributed by atoms with Gasteiger partial charge in [0.1, 0.15) is 22.4 Å². The Morgan fingerprint density at radius 2 is 1.13 bits per heavy atom. The minimum atomic E-state index is -0.127. The lowest BCUT2D eigenvalue weighted by atomic mass is 9.82. The molecule has 11 rings (SSSR count). The molecule has 0 atom stereocenters. The highest BCUT2D eigenvalue weighted by atomic mass is 16.3. The number of anilines is 3. The van der Waals surface area contributed by atoms with E-state index in [1.807, 2.05) is 48.8 Å².